The largest absolute Gasteiger partial charge is 0.466 e. The Morgan fingerprint density at radius 2 is 1.12 bits per heavy atom. The van der Waals surface area contributed by atoms with E-state index in [4.69, 9.17) is 20.3 Å². The Hall–Kier alpha value is -3.50. The molecule has 0 heterocycles. The summed E-state index contributed by atoms with van der Waals surface area (Å²) in [7, 11) is 2.28. The summed E-state index contributed by atoms with van der Waals surface area (Å²) in [5, 5.41) is 14.4. The molecule has 0 saturated carbocycles. The zero-order chi connectivity index (χ0) is 19.9. The number of hydrogen-bond donors (Lipinski definition) is 2. The van der Waals surface area contributed by atoms with Crippen molar-refractivity contribution in [3.63, 3.8) is 0 Å². The van der Waals surface area contributed by atoms with Crippen LogP contribution in [0.1, 0.15) is 0 Å². The van der Waals surface area contributed by atoms with E-state index in [0.29, 0.717) is 0 Å². The molecule has 0 aliphatic rings. The third kappa shape index (κ3) is 9.60. The van der Waals surface area contributed by atoms with Crippen molar-refractivity contribution >= 4 is 36.6 Å². The Morgan fingerprint density at radius 3 is 1.42 bits per heavy atom. The molecule has 26 heavy (non-hydrogen) atoms. The van der Waals surface area contributed by atoms with Crippen LogP contribution in [0.25, 0.3) is 0 Å². The zero-order valence-corrected chi connectivity index (χ0v) is 14.2. The van der Waals surface area contributed by atoms with Gasteiger partial charge in [0, 0.05) is 24.3 Å². The molecular formula is C15H19N3O8. The van der Waals surface area contributed by atoms with Crippen molar-refractivity contribution < 1.29 is 38.1 Å². The highest BCUT2D eigenvalue weighted by molar-refractivity contribution is 5.92. The van der Waals surface area contributed by atoms with E-state index < -0.39 is 29.9 Å². The fourth-order valence-electron chi connectivity index (χ4n) is 1.33. The second-order valence-electron chi connectivity index (χ2n) is 4.33. The molecule has 0 radical (unpaired) electrons. The Labute approximate surface area is 149 Å². The summed E-state index contributed by atoms with van der Waals surface area (Å²) < 4.78 is 18.4. The van der Waals surface area contributed by atoms with Crippen molar-refractivity contribution in [2.75, 3.05) is 27.4 Å². The molecule has 0 bridgehead atoms. The van der Waals surface area contributed by atoms with Gasteiger partial charge in [-0.2, -0.15) is 0 Å². The molecular weight excluding hydrogens is 350 g/mol. The molecule has 0 aromatic heterocycles. The van der Waals surface area contributed by atoms with Crippen LogP contribution in [-0.2, 0) is 38.1 Å². The normalized spacial score (nSPS) is 10.4. The average Bonchev–Trinajstić information content (AvgIpc) is 2.66. The topological polar surface area (TPSA) is 156 Å². The van der Waals surface area contributed by atoms with E-state index in [2.05, 4.69) is 9.47 Å². The van der Waals surface area contributed by atoms with Crippen molar-refractivity contribution in [1.82, 2.24) is 4.90 Å². The van der Waals surface area contributed by atoms with Gasteiger partial charge < -0.3 is 23.8 Å². The minimum Gasteiger partial charge on any atom is -0.466 e. The van der Waals surface area contributed by atoms with Crippen LogP contribution in [0.15, 0.2) is 24.3 Å². The van der Waals surface area contributed by atoms with Crippen LogP contribution in [0.5, 0.6) is 0 Å². The number of rotatable bonds is 11. The molecule has 0 aromatic rings. The summed E-state index contributed by atoms with van der Waals surface area (Å²) in [5.74, 6) is -3.23. The minimum absolute atomic E-state index is 0.344. The number of esters is 4. The second kappa shape index (κ2) is 12.9. The van der Waals surface area contributed by atoms with Gasteiger partial charge in [-0.25, -0.2) is 19.2 Å². The van der Waals surface area contributed by atoms with Gasteiger partial charge in [-0.3, -0.25) is 10.8 Å². The second-order valence-corrected chi connectivity index (χ2v) is 4.33. The van der Waals surface area contributed by atoms with Crippen molar-refractivity contribution in [1.29, 1.82) is 10.8 Å². The van der Waals surface area contributed by atoms with E-state index in [1.807, 2.05) is 0 Å². The number of nitrogens with one attached hydrogen (secondary N) is 2. The number of hydrogen-bond acceptors (Lipinski definition) is 10. The fraction of sp³-hybridized carbons (Fsp3) is 0.333. The maximum absolute atomic E-state index is 11.5. The third-order valence-electron chi connectivity index (χ3n) is 2.67. The van der Waals surface area contributed by atoms with Gasteiger partial charge >= 0.3 is 23.9 Å². The third-order valence-corrected chi connectivity index (χ3v) is 2.67. The summed E-state index contributed by atoms with van der Waals surface area (Å²) in [5.41, 5.74) is 0. The molecule has 0 aliphatic carbocycles. The van der Waals surface area contributed by atoms with Gasteiger partial charge in [0.15, 0.2) is 0 Å². The molecule has 0 atom stereocenters. The summed E-state index contributed by atoms with van der Waals surface area (Å²) in [6, 6.07) is -0.865. The standard InChI is InChI=1S/C15H19N3O8/c1-23-12(19)3-5-14(21)25-7-11(18(9-16)10-17)8-26-15(22)6-4-13(20)24-2/h3-6,9-11,16-17H,7-8H2,1-2H3/b5-3+,6-4+,16-9?,17-10?. The van der Waals surface area contributed by atoms with E-state index in [0.717, 1.165) is 56.1 Å². The number of ether oxygens (including phenoxy) is 4. The summed E-state index contributed by atoms with van der Waals surface area (Å²) >= 11 is 0. The van der Waals surface area contributed by atoms with Crippen LogP contribution in [-0.4, -0.2) is 74.9 Å². The molecule has 142 valence electrons. The van der Waals surface area contributed by atoms with E-state index >= 15 is 0 Å². The highest BCUT2D eigenvalue weighted by Gasteiger charge is 2.18. The summed E-state index contributed by atoms with van der Waals surface area (Å²) in [4.78, 5) is 45.8. The quantitative estimate of drug-likeness (QED) is 0.160. The Morgan fingerprint density at radius 1 is 0.769 bits per heavy atom. The molecule has 0 spiro atoms. The molecule has 0 aliphatic heterocycles. The van der Waals surface area contributed by atoms with Crippen LogP contribution in [0, 0.1) is 10.8 Å². The number of methoxy groups -OCH3 is 2. The van der Waals surface area contributed by atoms with Crippen LogP contribution in [0.3, 0.4) is 0 Å². The van der Waals surface area contributed by atoms with Gasteiger partial charge in [0.05, 0.1) is 26.9 Å². The van der Waals surface area contributed by atoms with Gasteiger partial charge in [0.2, 0.25) is 0 Å². The highest BCUT2D eigenvalue weighted by atomic mass is 16.6. The van der Waals surface area contributed by atoms with Crippen LogP contribution in [0.4, 0.5) is 0 Å². The Balaban J connectivity index is 4.72. The number of nitrogens with zero attached hydrogens (tertiary/aromatic N) is 1. The Bertz CT molecular complexity index is 550. The molecule has 0 amide bonds. The SMILES string of the molecule is COC(=O)/C=C/C(=O)OCC(COC(=O)/C=C/C(=O)OC)N(C=N)C=N. The first-order valence-corrected chi connectivity index (χ1v) is 7.02. The van der Waals surface area contributed by atoms with Crippen molar-refractivity contribution in [2.45, 2.75) is 6.04 Å². The van der Waals surface area contributed by atoms with Crippen molar-refractivity contribution in [2.24, 2.45) is 0 Å². The zero-order valence-electron chi connectivity index (χ0n) is 14.2. The van der Waals surface area contributed by atoms with Crippen LogP contribution in [0.2, 0.25) is 0 Å². The van der Waals surface area contributed by atoms with Gasteiger partial charge in [0.1, 0.15) is 19.3 Å². The summed E-state index contributed by atoms with van der Waals surface area (Å²) in [6.07, 6.45) is 4.95. The molecule has 11 nitrogen and oxygen atoms in total. The molecule has 0 saturated heterocycles. The van der Waals surface area contributed by atoms with Crippen LogP contribution >= 0.6 is 0 Å². The Kier molecular flexibility index (Phi) is 11.1. The van der Waals surface area contributed by atoms with Gasteiger partial charge in [-0.1, -0.05) is 0 Å². The predicted molar refractivity (Wildman–Crippen MR) is 87.4 cm³/mol. The molecule has 2 N–H and O–H groups in total. The van der Waals surface area contributed by atoms with Gasteiger partial charge in [0.25, 0.3) is 0 Å². The van der Waals surface area contributed by atoms with E-state index in [1.165, 1.54) is 0 Å². The smallest absolute Gasteiger partial charge is 0.331 e. The maximum Gasteiger partial charge on any atom is 0.331 e. The van der Waals surface area contributed by atoms with Crippen LogP contribution < -0.4 is 0 Å². The lowest BCUT2D eigenvalue weighted by Crippen LogP contribution is -2.41. The first-order chi connectivity index (χ1) is 12.4. The van der Waals surface area contributed by atoms with Gasteiger partial charge in [-0.05, 0) is 0 Å². The fourth-order valence-corrected chi connectivity index (χ4v) is 1.33. The molecule has 11 heteroatoms. The summed E-state index contributed by atoms with van der Waals surface area (Å²) in [6.45, 7) is -0.688. The number of carbonyl (C=O) groups excluding carboxylic acids is 4. The minimum atomic E-state index is -0.868. The monoisotopic (exact) mass is 369 g/mol. The first-order valence-electron chi connectivity index (χ1n) is 7.02. The average molecular weight is 369 g/mol. The van der Waals surface area contributed by atoms with E-state index in [-0.39, 0.29) is 13.2 Å². The lowest BCUT2D eigenvalue weighted by Gasteiger charge is -2.24. The van der Waals surface area contributed by atoms with Crippen molar-refractivity contribution in [3.8, 4) is 0 Å². The molecule has 0 aromatic carbocycles. The predicted octanol–water partition coefficient (Wildman–Crippen LogP) is -0.584. The van der Waals surface area contributed by atoms with Gasteiger partial charge in [-0.15, -0.1) is 0 Å². The molecule has 0 rings (SSSR count). The lowest BCUT2D eigenvalue weighted by atomic mass is 10.3. The van der Waals surface area contributed by atoms with E-state index in [9.17, 15) is 19.2 Å². The molecule has 0 fully saturated rings. The highest BCUT2D eigenvalue weighted by Crippen LogP contribution is 2.00. The lowest BCUT2D eigenvalue weighted by molar-refractivity contribution is -0.143. The van der Waals surface area contributed by atoms with E-state index in [1.54, 1.807) is 0 Å². The first kappa shape index (κ1) is 22.5. The molecule has 0 unspecified atom stereocenters. The number of carbonyl (C=O) groups is 4. The maximum atomic E-state index is 11.5. The van der Waals surface area contributed by atoms with Crippen molar-refractivity contribution in [3.05, 3.63) is 24.3 Å².